The number of rotatable bonds is 20. The Kier molecular flexibility index (Phi) is 21.2. The minimum atomic E-state index is -0.619. The van der Waals surface area contributed by atoms with Gasteiger partial charge in [0.25, 0.3) is 0 Å². The van der Waals surface area contributed by atoms with Gasteiger partial charge in [-0.25, -0.2) is 0 Å². The molecule has 0 bridgehead atoms. The average molecular weight is 809 g/mol. The van der Waals surface area contributed by atoms with Crippen LogP contribution in [0.2, 0.25) is 0 Å². The zero-order valence-corrected chi connectivity index (χ0v) is 38.1. The molecule has 0 heterocycles. The number of nitrogens with one attached hydrogen (secondary N) is 1. The van der Waals surface area contributed by atoms with Crippen molar-refractivity contribution in [2.45, 2.75) is 139 Å². The van der Waals surface area contributed by atoms with Gasteiger partial charge in [0.2, 0.25) is 0 Å². The van der Waals surface area contributed by atoms with E-state index in [0.717, 1.165) is 46.3 Å². The van der Waals surface area contributed by atoms with Crippen molar-refractivity contribution in [2.24, 2.45) is 33.9 Å². The Balaban J connectivity index is 1.95. The van der Waals surface area contributed by atoms with Crippen LogP contribution in [0.1, 0.15) is 121 Å². The van der Waals surface area contributed by atoms with Crippen LogP contribution in [0.3, 0.4) is 0 Å². The zero-order chi connectivity index (χ0) is 44.3. The van der Waals surface area contributed by atoms with E-state index < -0.39 is 12.1 Å². The highest BCUT2D eigenvalue weighted by molar-refractivity contribution is 6.03. The second-order valence-electron chi connectivity index (χ2n) is 17.8. The second kappa shape index (κ2) is 24.6. The summed E-state index contributed by atoms with van der Waals surface area (Å²) < 4.78 is 11.6. The molecule has 324 valence electrons. The Morgan fingerprint density at radius 1 is 0.712 bits per heavy atom. The number of carbonyl (C=O) groups excluding carboxylic acids is 2. The summed E-state index contributed by atoms with van der Waals surface area (Å²) >= 11 is 0. The van der Waals surface area contributed by atoms with Crippen molar-refractivity contribution in [1.29, 1.82) is 5.41 Å². The number of carbonyl (C=O) groups is 2. The number of hydrogen-bond acceptors (Lipinski definition) is 8. The number of allylic oxidation sites excluding steroid dienone is 20. The molecular weight excluding hydrogens is 733 g/mol. The minimum Gasteiger partial charge on any atom is -0.461 e. The van der Waals surface area contributed by atoms with E-state index in [1.165, 1.54) is 11.1 Å². The van der Waals surface area contributed by atoms with Crippen LogP contribution in [0.25, 0.3) is 0 Å². The topological polar surface area (TPSA) is 155 Å². The van der Waals surface area contributed by atoms with Crippen molar-refractivity contribution < 1.29 is 19.1 Å². The molecule has 0 aromatic carbocycles. The van der Waals surface area contributed by atoms with Gasteiger partial charge in [0.05, 0.1) is 11.6 Å². The van der Waals surface area contributed by atoms with Crippen LogP contribution in [0.5, 0.6) is 0 Å². The van der Waals surface area contributed by atoms with Gasteiger partial charge in [-0.3, -0.25) is 9.59 Å². The molecule has 0 aliphatic heterocycles. The summed E-state index contributed by atoms with van der Waals surface area (Å²) in [5.41, 5.74) is 26.2. The summed E-state index contributed by atoms with van der Waals surface area (Å²) in [5, 5.41) is 8.75. The Hall–Kier alpha value is -4.37. The molecule has 0 aromatic rings. The first-order valence-corrected chi connectivity index (χ1v) is 21.4. The van der Waals surface area contributed by atoms with Crippen molar-refractivity contribution >= 4 is 17.7 Å². The maximum atomic E-state index is 12.7. The van der Waals surface area contributed by atoms with Crippen LogP contribution in [-0.2, 0) is 19.1 Å². The summed E-state index contributed by atoms with van der Waals surface area (Å²) in [6.45, 7) is 24.0. The van der Waals surface area contributed by atoms with E-state index in [0.29, 0.717) is 50.9 Å². The zero-order valence-electron chi connectivity index (χ0n) is 38.1. The van der Waals surface area contributed by atoms with E-state index in [2.05, 4.69) is 129 Å². The van der Waals surface area contributed by atoms with E-state index in [9.17, 15) is 9.59 Å². The normalized spacial score (nSPS) is 22.2. The van der Waals surface area contributed by atoms with Gasteiger partial charge < -0.3 is 32.1 Å². The molecule has 0 saturated heterocycles. The largest absolute Gasteiger partial charge is 0.461 e. The number of hydrogen-bond donors (Lipinski definition) is 4. The van der Waals surface area contributed by atoms with E-state index >= 15 is 0 Å². The summed E-state index contributed by atoms with van der Waals surface area (Å²) in [5.74, 6) is -0.811. The highest BCUT2D eigenvalue weighted by Gasteiger charge is 2.38. The molecule has 2 rings (SSSR count). The Bertz CT molecular complexity index is 1820. The van der Waals surface area contributed by atoms with Crippen LogP contribution < -0.4 is 17.2 Å². The predicted molar refractivity (Wildman–Crippen MR) is 249 cm³/mol. The summed E-state index contributed by atoms with van der Waals surface area (Å²) in [4.78, 5) is 25.2. The maximum absolute atomic E-state index is 12.7. The van der Waals surface area contributed by atoms with Crippen LogP contribution in [0, 0.1) is 22.2 Å². The van der Waals surface area contributed by atoms with E-state index in [1.807, 2.05) is 32.1 Å². The van der Waals surface area contributed by atoms with E-state index in [4.69, 9.17) is 32.1 Å². The van der Waals surface area contributed by atoms with E-state index in [-0.39, 0.29) is 34.8 Å². The average Bonchev–Trinajstić information content (AvgIpc) is 3.15. The van der Waals surface area contributed by atoms with Gasteiger partial charge in [-0.05, 0) is 121 Å². The second-order valence-corrected chi connectivity index (χ2v) is 17.8. The molecule has 0 aromatic heterocycles. The van der Waals surface area contributed by atoms with Crippen molar-refractivity contribution in [3.63, 3.8) is 0 Å². The fourth-order valence-corrected chi connectivity index (χ4v) is 7.53. The lowest BCUT2D eigenvalue weighted by Crippen LogP contribution is -2.39. The van der Waals surface area contributed by atoms with Crippen molar-refractivity contribution in [2.75, 3.05) is 13.1 Å². The summed E-state index contributed by atoms with van der Waals surface area (Å²) in [7, 11) is 0. The van der Waals surface area contributed by atoms with Gasteiger partial charge in [0.15, 0.2) is 0 Å². The van der Waals surface area contributed by atoms with Crippen LogP contribution in [0.15, 0.2) is 130 Å². The van der Waals surface area contributed by atoms with Crippen molar-refractivity contribution in [3.05, 3.63) is 130 Å². The molecule has 4 unspecified atom stereocenters. The number of esters is 2. The molecule has 0 amide bonds. The van der Waals surface area contributed by atoms with Crippen molar-refractivity contribution in [3.8, 4) is 0 Å². The fourth-order valence-electron chi connectivity index (χ4n) is 7.53. The molecule has 8 nitrogen and oxygen atoms in total. The van der Waals surface area contributed by atoms with Gasteiger partial charge in [0.1, 0.15) is 18.2 Å². The number of nitrogens with two attached hydrogens (primary N) is 3. The van der Waals surface area contributed by atoms with Gasteiger partial charge in [0, 0.05) is 6.42 Å². The standard InChI is InChI=1S/C51H76N4O4/c1-35(20-14-22-37(3)26-28-43-40(6)32-42(33-50(43,8)9)58-49(57)45(54)25-17-31-53)18-12-13-19-36(2)21-15-23-38(4)27-29-44-41(7)47(55)46(34-51(44,10)11)59-48(56)39(5)24-16-30-52/h12-15,18-23,26-29,39,42,45-46,55H,16-17,24-25,30-34,52-54H2,1-11H3/b13-12+,20-14+,21-15+,28-26+,29-27+,35-18+,36-19+,37-22+,38-23+,55-47?. The highest BCUT2D eigenvalue weighted by atomic mass is 16.5. The molecule has 0 fully saturated rings. The van der Waals surface area contributed by atoms with Gasteiger partial charge in [-0.2, -0.15) is 0 Å². The molecular formula is C51H76N4O4. The lowest BCUT2D eigenvalue weighted by Gasteiger charge is -2.38. The Morgan fingerprint density at radius 3 is 1.71 bits per heavy atom. The first-order chi connectivity index (χ1) is 27.7. The van der Waals surface area contributed by atoms with Crippen molar-refractivity contribution in [1.82, 2.24) is 0 Å². The van der Waals surface area contributed by atoms with Gasteiger partial charge in [-0.1, -0.05) is 148 Å². The number of ether oxygens (including phenoxy) is 2. The lowest BCUT2D eigenvalue weighted by molar-refractivity contribution is -0.153. The smallest absolute Gasteiger partial charge is 0.323 e. The molecule has 0 saturated carbocycles. The third-order valence-corrected chi connectivity index (χ3v) is 11.1. The Labute approximate surface area is 357 Å². The van der Waals surface area contributed by atoms with Crippen LogP contribution in [0.4, 0.5) is 0 Å². The van der Waals surface area contributed by atoms with Gasteiger partial charge >= 0.3 is 11.9 Å². The monoisotopic (exact) mass is 809 g/mol. The van der Waals surface area contributed by atoms with Gasteiger partial charge in [-0.15, -0.1) is 0 Å². The molecule has 4 atom stereocenters. The molecule has 7 N–H and O–H groups in total. The fraction of sp³-hybridized carbons (Fsp3) is 0.510. The molecule has 0 radical (unpaired) electrons. The highest BCUT2D eigenvalue weighted by Crippen LogP contribution is 2.43. The molecule has 2 aliphatic rings. The molecule has 59 heavy (non-hydrogen) atoms. The molecule has 8 heteroatoms. The predicted octanol–water partition coefficient (Wildman–Crippen LogP) is 10.7. The maximum Gasteiger partial charge on any atom is 0.323 e. The third kappa shape index (κ3) is 17.4. The minimum absolute atomic E-state index is 0.129. The Morgan fingerprint density at radius 2 is 1.19 bits per heavy atom. The summed E-state index contributed by atoms with van der Waals surface area (Å²) in [6.07, 6.45) is 33.4. The van der Waals surface area contributed by atoms with Crippen LogP contribution >= 0.6 is 0 Å². The third-order valence-electron chi connectivity index (χ3n) is 11.1. The van der Waals surface area contributed by atoms with Crippen LogP contribution in [-0.4, -0.2) is 49.0 Å². The molecule has 2 aliphatic carbocycles. The first kappa shape index (κ1) is 50.8. The quantitative estimate of drug-likeness (QED) is 0.0705. The first-order valence-electron chi connectivity index (χ1n) is 21.4. The molecule has 0 spiro atoms. The van der Waals surface area contributed by atoms with E-state index in [1.54, 1.807) is 0 Å². The lowest BCUT2D eigenvalue weighted by atomic mass is 9.70. The SMILES string of the molecule is CC1=C(/C=C/C(C)=C/C=C/C(C)=C/C=C/C=C(C)/C=C/C=C(C)/C=C/C2=C(C)C(=N)C(OC(=O)C(C)CCCN)CC2(C)C)C(C)(C)CC(OC(=O)C(N)CCCN)C1. The summed E-state index contributed by atoms with van der Waals surface area (Å²) in [6, 6.07) is -0.619.